The van der Waals surface area contributed by atoms with Crippen molar-refractivity contribution in [1.29, 1.82) is 0 Å². The predicted molar refractivity (Wildman–Crippen MR) is 63.1 cm³/mol. The Bertz CT molecular complexity index is 351. The van der Waals surface area contributed by atoms with Gasteiger partial charge in [0.15, 0.2) is 5.12 Å². The molecule has 0 radical (unpaired) electrons. The van der Waals surface area contributed by atoms with Crippen LogP contribution in [-0.2, 0) is 16.0 Å². The van der Waals surface area contributed by atoms with Crippen LogP contribution in [0.5, 0.6) is 0 Å². The van der Waals surface area contributed by atoms with Crippen LogP contribution in [0.25, 0.3) is 0 Å². The molecule has 0 aliphatic carbocycles. The van der Waals surface area contributed by atoms with E-state index in [9.17, 15) is 9.59 Å². The number of hydrogen-bond acceptors (Lipinski definition) is 3. The number of thioether (sulfide) groups is 1. The quantitative estimate of drug-likeness (QED) is 0.762. The molecule has 1 aromatic carbocycles. The third-order valence-electron chi connectivity index (χ3n) is 1.83. The van der Waals surface area contributed by atoms with Gasteiger partial charge in [-0.15, -0.1) is 0 Å². The summed E-state index contributed by atoms with van der Waals surface area (Å²) < 4.78 is 0. The number of rotatable bonds is 4. The Balaban J connectivity index is 2.67. The zero-order valence-corrected chi connectivity index (χ0v) is 9.85. The summed E-state index contributed by atoms with van der Waals surface area (Å²) in [6, 6.07) is 9.51. The summed E-state index contributed by atoms with van der Waals surface area (Å²) in [5, 5.41) is -1.05. The molecule has 1 unspecified atom stereocenters. The van der Waals surface area contributed by atoms with Crippen molar-refractivity contribution in [2.24, 2.45) is 0 Å². The highest BCUT2D eigenvalue weighted by Crippen LogP contribution is 2.19. The molecule has 0 saturated carbocycles. The fourth-order valence-electron chi connectivity index (χ4n) is 1.20. The monoisotopic (exact) mass is 242 g/mol. The molecule has 2 nitrogen and oxygen atoms in total. The lowest BCUT2D eigenvalue weighted by Crippen LogP contribution is -2.16. The van der Waals surface area contributed by atoms with Crippen molar-refractivity contribution in [3.8, 4) is 0 Å². The fourth-order valence-corrected chi connectivity index (χ4v) is 2.18. The first-order chi connectivity index (χ1) is 7.09. The summed E-state index contributed by atoms with van der Waals surface area (Å²) in [6.07, 6.45) is 0.493. The van der Waals surface area contributed by atoms with E-state index >= 15 is 0 Å². The Morgan fingerprint density at radius 2 is 1.93 bits per heavy atom. The lowest BCUT2D eigenvalue weighted by Gasteiger charge is -2.09. The van der Waals surface area contributed by atoms with Crippen molar-refractivity contribution < 1.29 is 9.59 Å². The third-order valence-corrected chi connectivity index (χ3v) is 3.22. The minimum Gasteiger partial charge on any atom is -0.288 e. The highest BCUT2D eigenvalue weighted by atomic mass is 35.5. The molecular formula is C11H11ClO2S. The fraction of sp³-hybridized carbons (Fsp3) is 0.273. The van der Waals surface area contributed by atoms with Gasteiger partial charge in [0, 0.05) is 6.92 Å². The second kappa shape index (κ2) is 5.93. The summed E-state index contributed by atoms with van der Waals surface area (Å²) in [7, 11) is 0. The topological polar surface area (TPSA) is 34.1 Å². The van der Waals surface area contributed by atoms with Crippen LogP contribution in [0.4, 0.5) is 0 Å². The van der Waals surface area contributed by atoms with E-state index in [4.69, 9.17) is 11.6 Å². The van der Waals surface area contributed by atoms with Crippen LogP contribution in [0.1, 0.15) is 12.5 Å². The number of halogens is 1. The zero-order chi connectivity index (χ0) is 11.3. The molecule has 0 N–H and O–H groups in total. The van der Waals surface area contributed by atoms with Gasteiger partial charge < -0.3 is 0 Å². The Hall–Kier alpha value is -0.800. The molecule has 0 fully saturated rings. The first-order valence-corrected chi connectivity index (χ1v) is 5.76. The maximum atomic E-state index is 11.1. The van der Waals surface area contributed by atoms with Crippen LogP contribution >= 0.6 is 23.4 Å². The minimum atomic E-state index is -0.480. The van der Waals surface area contributed by atoms with Crippen molar-refractivity contribution >= 4 is 33.7 Å². The molecule has 0 saturated heterocycles. The summed E-state index contributed by atoms with van der Waals surface area (Å²) in [6.45, 7) is 1.43. The van der Waals surface area contributed by atoms with Crippen molar-refractivity contribution in [3.63, 3.8) is 0 Å². The van der Waals surface area contributed by atoms with Gasteiger partial charge in [-0.25, -0.2) is 0 Å². The highest BCUT2D eigenvalue weighted by molar-refractivity contribution is 8.14. The molecule has 0 amide bonds. The van der Waals surface area contributed by atoms with Crippen molar-refractivity contribution in [2.45, 2.75) is 18.6 Å². The normalized spacial score (nSPS) is 12.1. The van der Waals surface area contributed by atoms with Crippen LogP contribution in [0.2, 0.25) is 0 Å². The van der Waals surface area contributed by atoms with Gasteiger partial charge in [0.05, 0.1) is 5.25 Å². The van der Waals surface area contributed by atoms with Gasteiger partial charge >= 0.3 is 0 Å². The van der Waals surface area contributed by atoms with Crippen LogP contribution in [0, 0.1) is 0 Å². The van der Waals surface area contributed by atoms with Gasteiger partial charge in [0.1, 0.15) is 0 Å². The predicted octanol–water partition coefficient (Wildman–Crippen LogP) is 2.64. The van der Waals surface area contributed by atoms with Gasteiger partial charge in [0.25, 0.3) is 0 Å². The molecule has 15 heavy (non-hydrogen) atoms. The van der Waals surface area contributed by atoms with E-state index in [1.165, 1.54) is 6.92 Å². The molecule has 0 aliphatic rings. The third kappa shape index (κ3) is 4.49. The maximum absolute atomic E-state index is 11.1. The van der Waals surface area contributed by atoms with E-state index in [2.05, 4.69) is 0 Å². The van der Waals surface area contributed by atoms with E-state index in [0.717, 1.165) is 17.3 Å². The lowest BCUT2D eigenvalue weighted by atomic mass is 10.1. The SMILES string of the molecule is CC(=O)SC(Cc1ccccc1)C(=O)Cl. The zero-order valence-electron chi connectivity index (χ0n) is 8.27. The first-order valence-electron chi connectivity index (χ1n) is 4.50. The second-order valence-corrected chi connectivity index (χ2v) is 4.84. The molecule has 4 heteroatoms. The average Bonchev–Trinajstić information content (AvgIpc) is 2.17. The van der Waals surface area contributed by atoms with Crippen molar-refractivity contribution in [1.82, 2.24) is 0 Å². The molecule has 80 valence electrons. The van der Waals surface area contributed by atoms with Gasteiger partial charge in [-0.1, -0.05) is 42.1 Å². The Morgan fingerprint density at radius 1 is 1.33 bits per heavy atom. The van der Waals surface area contributed by atoms with Crippen molar-refractivity contribution in [3.05, 3.63) is 35.9 Å². The van der Waals surface area contributed by atoms with E-state index in [1.54, 1.807) is 0 Å². The Kier molecular flexibility index (Phi) is 4.85. The summed E-state index contributed by atoms with van der Waals surface area (Å²) in [5.41, 5.74) is 1.00. The van der Waals surface area contributed by atoms with Gasteiger partial charge in [-0.2, -0.15) is 0 Å². The summed E-state index contributed by atoms with van der Waals surface area (Å²) in [4.78, 5) is 22.0. The van der Waals surface area contributed by atoms with Gasteiger partial charge in [-0.05, 0) is 23.6 Å². The number of carbonyl (C=O) groups excluding carboxylic acids is 2. The number of hydrogen-bond donors (Lipinski definition) is 0. The largest absolute Gasteiger partial charge is 0.288 e. The highest BCUT2D eigenvalue weighted by Gasteiger charge is 2.19. The number of carbonyl (C=O) groups is 2. The van der Waals surface area contributed by atoms with E-state index in [-0.39, 0.29) is 5.12 Å². The standard InChI is InChI=1S/C11H11ClO2S/c1-8(13)15-10(11(12)14)7-9-5-3-2-4-6-9/h2-6,10H,7H2,1H3. The molecular weight excluding hydrogens is 232 g/mol. The molecule has 0 spiro atoms. The van der Waals surface area contributed by atoms with Gasteiger partial charge in [0.2, 0.25) is 5.24 Å². The van der Waals surface area contributed by atoms with E-state index in [0.29, 0.717) is 6.42 Å². The van der Waals surface area contributed by atoms with Crippen molar-refractivity contribution in [2.75, 3.05) is 0 Å². The average molecular weight is 243 g/mol. The maximum Gasteiger partial charge on any atom is 0.235 e. The Morgan fingerprint density at radius 3 is 2.40 bits per heavy atom. The van der Waals surface area contributed by atoms with Crippen LogP contribution < -0.4 is 0 Å². The molecule has 0 aliphatic heterocycles. The minimum absolute atomic E-state index is 0.0927. The lowest BCUT2D eigenvalue weighted by molar-refractivity contribution is -0.112. The summed E-state index contributed by atoms with van der Waals surface area (Å²) >= 11 is 6.41. The summed E-state index contributed by atoms with van der Waals surface area (Å²) in [5.74, 6) is 0. The molecule has 0 heterocycles. The molecule has 1 aromatic rings. The second-order valence-electron chi connectivity index (χ2n) is 3.09. The van der Waals surface area contributed by atoms with E-state index < -0.39 is 10.5 Å². The smallest absolute Gasteiger partial charge is 0.235 e. The molecule has 1 atom stereocenters. The van der Waals surface area contributed by atoms with Crippen LogP contribution in [-0.4, -0.2) is 15.6 Å². The number of benzene rings is 1. The van der Waals surface area contributed by atoms with Gasteiger partial charge in [-0.3, -0.25) is 9.59 Å². The molecule has 0 bridgehead atoms. The molecule has 1 rings (SSSR count). The van der Waals surface area contributed by atoms with E-state index in [1.807, 2.05) is 30.3 Å². The Labute approximate surface area is 98.0 Å². The molecule has 0 aromatic heterocycles. The van der Waals surface area contributed by atoms with Crippen LogP contribution in [0.15, 0.2) is 30.3 Å². The first kappa shape index (κ1) is 12.3. The van der Waals surface area contributed by atoms with Crippen LogP contribution in [0.3, 0.4) is 0 Å².